The van der Waals surface area contributed by atoms with Crippen molar-refractivity contribution in [2.75, 3.05) is 12.4 Å². The topological polar surface area (TPSA) is 94.8 Å². The average molecular weight is 394 g/mol. The molecule has 0 unspecified atom stereocenters. The Morgan fingerprint density at radius 1 is 1.28 bits per heavy atom. The quantitative estimate of drug-likeness (QED) is 0.628. The number of ether oxygens (including phenoxy) is 1. The Morgan fingerprint density at radius 2 is 2.10 bits per heavy atom. The van der Waals surface area contributed by atoms with Gasteiger partial charge in [-0.15, -0.1) is 5.10 Å². The van der Waals surface area contributed by atoms with Gasteiger partial charge >= 0.3 is 0 Å². The number of carbonyl (C=O) groups excluding carboxylic acids is 1. The Morgan fingerprint density at radius 3 is 2.83 bits per heavy atom. The molecule has 0 aliphatic heterocycles. The molecule has 1 aromatic carbocycles. The molecule has 3 aromatic rings. The van der Waals surface area contributed by atoms with Crippen molar-refractivity contribution in [2.45, 2.75) is 46.1 Å². The lowest BCUT2D eigenvalue weighted by Crippen LogP contribution is -2.17. The van der Waals surface area contributed by atoms with E-state index in [9.17, 15) is 4.79 Å². The van der Waals surface area contributed by atoms with Crippen molar-refractivity contribution < 1.29 is 9.53 Å². The van der Waals surface area contributed by atoms with E-state index in [0.717, 1.165) is 17.8 Å². The van der Waals surface area contributed by atoms with Gasteiger partial charge in [0, 0.05) is 13.3 Å². The van der Waals surface area contributed by atoms with Crippen molar-refractivity contribution in [2.24, 2.45) is 0 Å². The first kappa shape index (κ1) is 20.6. The van der Waals surface area contributed by atoms with Crippen LogP contribution in [0.15, 0.2) is 36.5 Å². The van der Waals surface area contributed by atoms with Crippen LogP contribution in [0, 0.1) is 0 Å². The van der Waals surface area contributed by atoms with E-state index in [-0.39, 0.29) is 12.5 Å². The number of nitrogens with zero attached hydrogens (tertiary/aromatic N) is 5. The Bertz CT molecular complexity index is 983. The van der Waals surface area contributed by atoms with E-state index >= 15 is 0 Å². The van der Waals surface area contributed by atoms with Gasteiger partial charge in [0.15, 0.2) is 11.5 Å². The summed E-state index contributed by atoms with van der Waals surface area (Å²) in [5, 5.41) is 11.2. The molecule has 0 atom stereocenters. The van der Waals surface area contributed by atoms with Gasteiger partial charge < -0.3 is 10.1 Å². The fourth-order valence-electron chi connectivity index (χ4n) is 3.01. The fraction of sp³-hybridized carbons (Fsp3) is 0.381. The molecule has 8 nitrogen and oxygen atoms in total. The molecule has 0 radical (unpaired) electrons. The summed E-state index contributed by atoms with van der Waals surface area (Å²) < 4.78 is 6.79. The number of nitrogens with one attached hydrogen (secondary N) is 1. The third-order valence-electron chi connectivity index (χ3n) is 4.47. The Kier molecular flexibility index (Phi) is 6.66. The Labute approximate surface area is 170 Å². The van der Waals surface area contributed by atoms with Gasteiger partial charge in [-0.25, -0.2) is 14.6 Å². The van der Waals surface area contributed by atoms with Crippen molar-refractivity contribution in [3.8, 4) is 5.69 Å². The number of amides is 1. The number of benzene rings is 1. The molecule has 2 heterocycles. The molecule has 3 rings (SSSR count). The van der Waals surface area contributed by atoms with Crippen LogP contribution in [0.1, 0.15) is 60.7 Å². The van der Waals surface area contributed by atoms with E-state index in [1.54, 1.807) is 24.1 Å². The standard InChI is InChI=1S/C21H26N6O2/c1-5-7-17-20(21(28)24-18-10-11-22-19(23-18)13-29-4)25-26-27(17)16-9-6-8-15(12-16)14(2)3/h6,8-12,14H,5,7,13H2,1-4H3,(H,22,23,24,28). The first-order valence-electron chi connectivity index (χ1n) is 9.70. The maximum Gasteiger partial charge on any atom is 0.279 e. The van der Waals surface area contributed by atoms with Crippen LogP contribution < -0.4 is 5.32 Å². The smallest absolute Gasteiger partial charge is 0.279 e. The van der Waals surface area contributed by atoms with Crippen LogP contribution in [0.2, 0.25) is 0 Å². The van der Waals surface area contributed by atoms with E-state index in [1.165, 1.54) is 5.56 Å². The van der Waals surface area contributed by atoms with Crippen LogP contribution >= 0.6 is 0 Å². The molecule has 2 aromatic heterocycles. The highest BCUT2D eigenvalue weighted by atomic mass is 16.5. The molecule has 0 saturated heterocycles. The monoisotopic (exact) mass is 394 g/mol. The first-order valence-corrected chi connectivity index (χ1v) is 9.70. The zero-order valence-corrected chi connectivity index (χ0v) is 17.2. The fourth-order valence-corrected chi connectivity index (χ4v) is 3.01. The molecule has 0 spiro atoms. The molecular weight excluding hydrogens is 368 g/mol. The van der Waals surface area contributed by atoms with Gasteiger partial charge in [0.1, 0.15) is 12.4 Å². The minimum atomic E-state index is -0.346. The lowest BCUT2D eigenvalue weighted by atomic mass is 10.0. The van der Waals surface area contributed by atoms with Crippen molar-refractivity contribution in [3.63, 3.8) is 0 Å². The van der Waals surface area contributed by atoms with Gasteiger partial charge in [-0.2, -0.15) is 0 Å². The predicted octanol–water partition coefficient (Wildman–Crippen LogP) is 3.53. The number of anilines is 1. The van der Waals surface area contributed by atoms with Crippen LogP contribution in [0.3, 0.4) is 0 Å². The number of methoxy groups -OCH3 is 1. The van der Waals surface area contributed by atoms with Gasteiger partial charge in [-0.3, -0.25) is 4.79 Å². The SMILES string of the molecule is CCCc1c(C(=O)Nc2ccnc(COC)n2)nnn1-c1cccc(C(C)C)c1. The lowest BCUT2D eigenvalue weighted by molar-refractivity contribution is 0.102. The Hall–Kier alpha value is -3.13. The average Bonchev–Trinajstić information content (AvgIpc) is 3.13. The molecule has 0 fully saturated rings. The molecule has 0 aliphatic carbocycles. The molecular formula is C21H26N6O2. The van der Waals surface area contributed by atoms with Crippen LogP contribution in [0.5, 0.6) is 0 Å². The summed E-state index contributed by atoms with van der Waals surface area (Å²) in [5.41, 5.74) is 3.18. The summed E-state index contributed by atoms with van der Waals surface area (Å²) in [6.07, 6.45) is 3.13. The maximum absolute atomic E-state index is 12.9. The summed E-state index contributed by atoms with van der Waals surface area (Å²) in [6, 6.07) is 9.78. The van der Waals surface area contributed by atoms with E-state index in [2.05, 4.69) is 58.5 Å². The van der Waals surface area contributed by atoms with Crippen molar-refractivity contribution in [1.29, 1.82) is 0 Å². The second-order valence-electron chi connectivity index (χ2n) is 7.04. The van der Waals surface area contributed by atoms with Crippen LogP contribution in [-0.2, 0) is 17.8 Å². The summed E-state index contributed by atoms with van der Waals surface area (Å²) in [5.74, 6) is 0.945. The van der Waals surface area contributed by atoms with Crippen molar-refractivity contribution >= 4 is 11.7 Å². The highest BCUT2D eigenvalue weighted by Gasteiger charge is 2.21. The van der Waals surface area contributed by atoms with Gasteiger partial charge in [0.25, 0.3) is 5.91 Å². The molecule has 0 bridgehead atoms. The second-order valence-corrected chi connectivity index (χ2v) is 7.04. The van der Waals surface area contributed by atoms with Gasteiger partial charge in [-0.1, -0.05) is 44.5 Å². The molecule has 152 valence electrons. The zero-order chi connectivity index (χ0) is 20.8. The maximum atomic E-state index is 12.9. The van der Waals surface area contributed by atoms with Gasteiger partial charge in [0.2, 0.25) is 0 Å². The highest BCUT2D eigenvalue weighted by molar-refractivity contribution is 6.03. The summed E-state index contributed by atoms with van der Waals surface area (Å²) in [6.45, 7) is 6.62. The number of rotatable bonds is 8. The third kappa shape index (κ3) is 4.83. The minimum absolute atomic E-state index is 0.271. The summed E-state index contributed by atoms with van der Waals surface area (Å²) >= 11 is 0. The second kappa shape index (κ2) is 9.38. The van der Waals surface area contributed by atoms with Crippen molar-refractivity contribution in [1.82, 2.24) is 25.0 Å². The minimum Gasteiger partial charge on any atom is -0.377 e. The summed E-state index contributed by atoms with van der Waals surface area (Å²) in [7, 11) is 1.57. The van der Waals surface area contributed by atoms with Gasteiger partial charge in [0.05, 0.1) is 11.4 Å². The normalized spacial score (nSPS) is 11.1. The van der Waals surface area contributed by atoms with Crippen LogP contribution in [-0.4, -0.2) is 38.0 Å². The zero-order valence-electron chi connectivity index (χ0n) is 17.2. The lowest BCUT2D eigenvalue weighted by Gasteiger charge is -2.11. The van der Waals surface area contributed by atoms with Crippen molar-refractivity contribution in [3.05, 3.63) is 59.3 Å². The van der Waals surface area contributed by atoms with E-state index in [4.69, 9.17) is 4.74 Å². The molecule has 0 saturated carbocycles. The van der Waals surface area contributed by atoms with E-state index < -0.39 is 0 Å². The summed E-state index contributed by atoms with van der Waals surface area (Å²) in [4.78, 5) is 21.3. The van der Waals surface area contributed by atoms with Crippen LogP contribution in [0.25, 0.3) is 5.69 Å². The van der Waals surface area contributed by atoms with E-state index in [0.29, 0.717) is 29.7 Å². The predicted molar refractivity (Wildman–Crippen MR) is 110 cm³/mol. The largest absolute Gasteiger partial charge is 0.377 e. The highest BCUT2D eigenvalue weighted by Crippen LogP contribution is 2.21. The number of carbonyl (C=O) groups is 1. The van der Waals surface area contributed by atoms with Gasteiger partial charge in [-0.05, 0) is 36.1 Å². The third-order valence-corrected chi connectivity index (χ3v) is 4.47. The number of hydrogen-bond donors (Lipinski definition) is 1. The first-order chi connectivity index (χ1) is 14.0. The molecule has 8 heteroatoms. The number of aromatic nitrogens is 5. The van der Waals surface area contributed by atoms with Crippen LogP contribution in [0.4, 0.5) is 5.82 Å². The number of hydrogen-bond acceptors (Lipinski definition) is 6. The molecule has 1 N–H and O–H groups in total. The molecule has 29 heavy (non-hydrogen) atoms. The molecule has 1 amide bonds. The molecule has 0 aliphatic rings. The Balaban J connectivity index is 1.91. The van der Waals surface area contributed by atoms with E-state index in [1.807, 2.05) is 12.1 Å².